The van der Waals surface area contributed by atoms with Gasteiger partial charge < -0.3 is 19.5 Å². The number of carbonyl (C=O) groups is 1. The number of methoxy groups -OCH3 is 3. The van der Waals surface area contributed by atoms with Crippen LogP contribution >= 0.6 is 11.8 Å². The van der Waals surface area contributed by atoms with Gasteiger partial charge in [0, 0.05) is 17.3 Å². The van der Waals surface area contributed by atoms with Crippen molar-refractivity contribution in [3.8, 4) is 28.4 Å². The lowest BCUT2D eigenvalue weighted by Crippen LogP contribution is -2.38. The summed E-state index contributed by atoms with van der Waals surface area (Å²) in [5.41, 5.74) is 1.98. The zero-order valence-corrected chi connectivity index (χ0v) is 22.6. The lowest BCUT2D eigenvalue weighted by molar-refractivity contribution is -0.122. The second-order valence-electron chi connectivity index (χ2n) is 8.82. The van der Waals surface area contributed by atoms with Gasteiger partial charge in [-0.15, -0.1) is 11.8 Å². The summed E-state index contributed by atoms with van der Waals surface area (Å²) < 4.78 is 18.1. The highest BCUT2D eigenvalue weighted by molar-refractivity contribution is 7.98. The number of rotatable bonds is 7. The number of thioether (sulfide) groups is 1. The third kappa shape index (κ3) is 5.06. The van der Waals surface area contributed by atoms with Gasteiger partial charge in [-0.2, -0.15) is 0 Å². The van der Waals surface area contributed by atoms with Crippen LogP contribution in [0.2, 0.25) is 0 Å². The third-order valence-electron chi connectivity index (χ3n) is 6.56. The molecule has 0 saturated carbocycles. The number of nitrogens with zero attached hydrogens (tertiary/aromatic N) is 1. The summed E-state index contributed by atoms with van der Waals surface area (Å²) >= 11 is 1.34. The molecule has 4 rings (SSSR count). The number of carbonyl (C=O) groups excluding carboxylic acids is 1. The van der Waals surface area contributed by atoms with Crippen LogP contribution in [0, 0.1) is 6.92 Å². The molecular formula is C27H29N3O7S. The molecule has 10 nitrogen and oxygen atoms in total. The van der Waals surface area contributed by atoms with Crippen molar-refractivity contribution in [2.24, 2.45) is 0 Å². The van der Waals surface area contributed by atoms with E-state index in [0.717, 1.165) is 21.3 Å². The lowest BCUT2D eigenvalue weighted by Gasteiger charge is -2.20. The Kier molecular flexibility index (Phi) is 7.96. The standard InChI is InChI=1S/C27H29N3O7S/c1-14-12-30(27(34)29-26(14)33)13-22(32)28-18-8-6-15-10-20(35-2)24(36-3)25(37-4)23(15)16-7-9-21(38-5)19(31)11-17(16)18/h7,9-12,18H,6,8,13H2,1-5H3,(H,28,32)(H,29,33,34)/t18-/m0/s1. The van der Waals surface area contributed by atoms with E-state index in [-0.39, 0.29) is 12.0 Å². The molecule has 1 aliphatic rings. The van der Waals surface area contributed by atoms with E-state index < -0.39 is 23.2 Å². The van der Waals surface area contributed by atoms with Gasteiger partial charge in [0.1, 0.15) is 6.54 Å². The maximum absolute atomic E-state index is 13.1. The number of benzene rings is 1. The Morgan fingerprint density at radius 3 is 2.50 bits per heavy atom. The van der Waals surface area contributed by atoms with Gasteiger partial charge in [0.05, 0.1) is 32.3 Å². The molecule has 0 spiro atoms. The predicted octanol–water partition coefficient (Wildman–Crippen LogP) is 2.42. The first-order valence-electron chi connectivity index (χ1n) is 11.9. The molecule has 1 amide bonds. The Morgan fingerprint density at radius 2 is 1.84 bits per heavy atom. The average molecular weight is 540 g/mol. The van der Waals surface area contributed by atoms with E-state index in [1.165, 1.54) is 25.1 Å². The van der Waals surface area contributed by atoms with Crippen molar-refractivity contribution in [1.29, 1.82) is 0 Å². The molecule has 11 heteroatoms. The number of fused-ring (bicyclic) bond motifs is 3. The predicted molar refractivity (Wildman–Crippen MR) is 145 cm³/mol. The monoisotopic (exact) mass is 539 g/mol. The zero-order valence-electron chi connectivity index (χ0n) is 21.8. The van der Waals surface area contributed by atoms with Crippen LogP contribution in [-0.4, -0.2) is 43.0 Å². The van der Waals surface area contributed by atoms with Crippen molar-refractivity contribution in [3.63, 3.8) is 0 Å². The molecule has 1 aliphatic carbocycles. The molecule has 3 aromatic rings. The molecular weight excluding hydrogens is 510 g/mol. The van der Waals surface area contributed by atoms with E-state index in [4.69, 9.17) is 14.2 Å². The first-order chi connectivity index (χ1) is 18.2. The normalized spacial score (nSPS) is 14.1. The summed E-state index contributed by atoms with van der Waals surface area (Å²) in [4.78, 5) is 52.9. The number of H-pyrrole nitrogens is 1. The van der Waals surface area contributed by atoms with Crippen molar-refractivity contribution in [1.82, 2.24) is 14.9 Å². The van der Waals surface area contributed by atoms with Crippen LogP contribution in [0.25, 0.3) is 11.1 Å². The van der Waals surface area contributed by atoms with Gasteiger partial charge in [-0.05, 0) is 60.9 Å². The van der Waals surface area contributed by atoms with Crippen LogP contribution in [0.15, 0.2) is 49.7 Å². The van der Waals surface area contributed by atoms with E-state index in [9.17, 15) is 19.2 Å². The Balaban J connectivity index is 1.85. The quantitative estimate of drug-likeness (QED) is 0.438. The Bertz CT molecular complexity index is 1580. The second kappa shape index (κ2) is 11.2. The Morgan fingerprint density at radius 1 is 1.11 bits per heavy atom. The van der Waals surface area contributed by atoms with Crippen molar-refractivity contribution in [3.05, 3.63) is 78.2 Å². The molecule has 2 N–H and O–H groups in total. The van der Waals surface area contributed by atoms with Crippen LogP contribution in [0.3, 0.4) is 0 Å². The number of nitrogens with one attached hydrogen (secondary N) is 2. The van der Waals surface area contributed by atoms with Gasteiger partial charge in [-0.3, -0.25) is 23.9 Å². The molecule has 0 aliphatic heterocycles. The maximum Gasteiger partial charge on any atom is 0.328 e. The van der Waals surface area contributed by atoms with Gasteiger partial charge in [0.2, 0.25) is 11.7 Å². The molecule has 0 radical (unpaired) electrons. The third-order valence-corrected chi connectivity index (χ3v) is 7.34. The van der Waals surface area contributed by atoms with Crippen molar-refractivity contribution >= 4 is 17.7 Å². The number of amides is 1. The topological polar surface area (TPSA) is 129 Å². The van der Waals surface area contributed by atoms with Gasteiger partial charge in [0.15, 0.2) is 16.9 Å². The number of hydrogen-bond acceptors (Lipinski definition) is 8. The van der Waals surface area contributed by atoms with Gasteiger partial charge in [0.25, 0.3) is 5.56 Å². The van der Waals surface area contributed by atoms with E-state index >= 15 is 0 Å². The number of aromatic amines is 1. The summed E-state index contributed by atoms with van der Waals surface area (Å²) in [7, 11) is 4.62. The summed E-state index contributed by atoms with van der Waals surface area (Å²) in [6.07, 6.45) is 4.19. The van der Waals surface area contributed by atoms with E-state index in [2.05, 4.69) is 10.3 Å². The minimum Gasteiger partial charge on any atom is -0.493 e. The van der Waals surface area contributed by atoms with Crippen LogP contribution in [0.1, 0.15) is 29.2 Å². The van der Waals surface area contributed by atoms with Crippen molar-refractivity contribution in [2.75, 3.05) is 27.6 Å². The van der Waals surface area contributed by atoms with Gasteiger partial charge in [-0.25, -0.2) is 4.79 Å². The smallest absolute Gasteiger partial charge is 0.328 e. The minimum absolute atomic E-state index is 0.173. The van der Waals surface area contributed by atoms with Crippen LogP contribution in [0.5, 0.6) is 17.2 Å². The van der Waals surface area contributed by atoms with Crippen LogP contribution in [-0.2, 0) is 17.8 Å². The highest BCUT2D eigenvalue weighted by Gasteiger charge is 2.30. The lowest BCUT2D eigenvalue weighted by atomic mass is 9.95. The molecule has 1 aromatic heterocycles. The average Bonchev–Trinajstić information content (AvgIpc) is 3.14. The molecule has 0 unspecified atom stereocenters. The summed E-state index contributed by atoms with van der Waals surface area (Å²) in [5, 5.41) is 2.99. The van der Waals surface area contributed by atoms with Crippen LogP contribution < -0.4 is 36.2 Å². The molecule has 1 heterocycles. The van der Waals surface area contributed by atoms with Gasteiger partial charge in [-0.1, -0.05) is 6.07 Å². The number of ether oxygens (including phenoxy) is 3. The van der Waals surface area contributed by atoms with E-state index in [1.807, 2.05) is 18.4 Å². The molecule has 2 aromatic carbocycles. The molecule has 38 heavy (non-hydrogen) atoms. The van der Waals surface area contributed by atoms with Crippen molar-refractivity contribution < 1.29 is 19.0 Å². The first-order valence-corrected chi connectivity index (χ1v) is 13.1. The number of hydrogen-bond donors (Lipinski definition) is 2. The number of aryl methyl sites for hydroxylation is 2. The molecule has 1 atom stereocenters. The summed E-state index contributed by atoms with van der Waals surface area (Å²) in [5.74, 6) is 0.963. The SMILES string of the molecule is COc1cc2c(c(OC)c1OC)-c1ccc(SC)c(=O)cc1[C@@H](NC(=O)Cn1cc(C)c(=O)[nH]c1=O)CC2. The highest BCUT2D eigenvalue weighted by Crippen LogP contribution is 2.50. The van der Waals surface area contributed by atoms with E-state index in [0.29, 0.717) is 46.1 Å². The summed E-state index contributed by atoms with van der Waals surface area (Å²) in [6, 6.07) is 6.51. The molecule has 0 bridgehead atoms. The minimum atomic E-state index is -0.675. The van der Waals surface area contributed by atoms with Crippen LogP contribution in [0.4, 0.5) is 0 Å². The fraction of sp³-hybridized carbons (Fsp3) is 0.333. The Labute approximate surface area is 223 Å². The maximum atomic E-state index is 13.1. The number of aromatic nitrogens is 2. The van der Waals surface area contributed by atoms with E-state index in [1.54, 1.807) is 33.3 Å². The van der Waals surface area contributed by atoms with Crippen molar-refractivity contribution in [2.45, 2.75) is 37.2 Å². The largest absolute Gasteiger partial charge is 0.493 e. The fourth-order valence-electron chi connectivity index (χ4n) is 4.75. The highest BCUT2D eigenvalue weighted by atomic mass is 32.2. The first kappa shape index (κ1) is 27.1. The Hall–Kier alpha value is -3.99. The molecule has 0 fully saturated rings. The molecule has 0 saturated heterocycles. The fourth-order valence-corrected chi connectivity index (χ4v) is 5.21. The molecule has 200 valence electrons. The second-order valence-corrected chi connectivity index (χ2v) is 9.66. The van der Waals surface area contributed by atoms with Gasteiger partial charge >= 0.3 is 5.69 Å². The zero-order chi connectivity index (χ0) is 27.6. The summed E-state index contributed by atoms with van der Waals surface area (Å²) in [6.45, 7) is 1.26.